The number of aliphatic hydroxyl groups is 1. The van der Waals surface area contributed by atoms with Crippen molar-refractivity contribution in [3.63, 3.8) is 0 Å². The third-order valence-corrected chi connectivity index (χ3v) is 4.35. The Kier molecular flexibility index (Phi) is 3.15. The number of nitrogens with zero attached hydrogens (tertiary/aromatic N) is 2. The van der Waals surface area contributed by atoms with Crippen molar-refractivity contribution in [2.45, 2.75) is 24.6 Å². The van der Waals surface area contributed by atoms with Gasteiger partial charge >= 0.3 is 6.18 Å². The van der Waals surface area contributed by atoms with E-state index >= 15 is 0 Å². The van der Waals surface area contributed by atoms with Gasteiger partial charge in [-0.2, -0.15) is 18.3 Å². The minimum absolute atomic E-state index is 0.231. The van der Waals surface area contributed by atoms with E-state index in [2.05, 4.69) is 5.10 Å². The highest BCUT2D eigenvalue weighted by atomic mass is 127. The Bertz CT molecular complexity index is 460. The largest absolute Gasteiger partial charge is 0.435 e. The second-order valence-electron chi connectivity index (χ2n) is 3.54. The molecule has 1 aliphatic carbocycles. The summed E-state index contributed by atoms with van der Waals surface area (Å²) in [6.45, 7) is 0. The van der Waals surface area contributed by atoms with E-state index in [0.717, 1.165) is 4.45 Å². The van der Waals surface area contributed by atoms with Crippen molar-refractivity contribution in [3.05, 3.63) is 17.0 Å². The van der Waals surface area contributed by atoms with E-state index in [0.29, 0.717) is 0 Å². The molecule has 1 aromatic rings. The molecule has 1 aliphatic rings. The standard InChI is InChI=1S/C7H5F5IN2OP/c8-6(9)1-2-3(5(6)16)4(7(10,11)12)14-15(2)17-13/h5,16-17H,1H2. The number of alkyl halides is 5. The molecule has 96 valence electrons. The maximum atomic E-state index is 13.2. The molecule has 2 atom stereocenters. The molecule has 0 aliphatic heterocycles. The zero-order valence-electron chi connectivity index (χ0n) is 7.89. The highest BCUT2D eigenvalue weighted by Crippen LogP contribution is 2.49. The van der Waals surface area contributed by atoms with Crippen LogP contribution in [-0.2, 0) is 12.6 Å². The average molecular weight is 386 g/mol. The number of fused-ring (bicyclic) bond motifs is 1. The van der Waals surface area contributed by atoms with Gasteiger partial charge in [-0.05, 0) is 22.0 Å². The summed E-state index contributed by atoms with van der Waals surface area (Å²) in [5.41, 5.74) is -2.43. The third-order valence-electron chi connectivity index (χ3n) is 2.45. The van der Waals surface area contributed by atoms with Gasteiger partial charge in [0.15, 0.2) is 5.69 Å². The van der Waals surface area contributed by atoms with E-state index in [9.17, 15) is 27.1 Å². The van der Waals surface area contributed by atoms with Crippen LogP contribution in [0.15, 0.2) is 0 Å². The summed E-state index contributed by atoms with van der Waals surface area (Å²) in [4.78, 5) is 0. The molecule has 0 bridgehead atoms. The third kappa shape index (κ3) is 2.06. The van der Waals surface area contributed by atoms with Gasteiger partial charge in [-0.25, -0.2) is 13.2 Å². The number of halogens is 6. The van der Waals surface area contributed by atoms with Gasteiger partial charge in [-0.15, -0.1) is 0 Å². The summed E-state index contributed by atoms with van der Waals surface area (Å²) in [6, 6.07) is 0. The topological polar surface area (TPSA) is 38.1 Å². The second kappa shape index (κ2) is 3.99. The first-order valence-corrected chi connectivity index (χ1v) is 8.36. The van der Waals surface area contributed by atoms with Crippen LogP contribution >= 0.6 is 28.4 Å². The van der Waals surface area contributed by atoms with Gasteiger partial charge < -0.3 is 5.11 Å². The van der Waals surface area contributed by atoms with E-state index in [1.165, 1.54) is 0 Å². The fourth-order valence-electron chi connectivity index (χ4n) is 1.73. The van der Waals surface area contributed by atoms with Crippen molar-refractivity contribution in [2.24, 2.45) is 0 Å². The highest BCUT2D eigenvalue weighted by Gasteiger charge is 2.54. The molecule has 3 nitrogen and oxygen atoms in total. The quantitative estimate of drug-likeness (QED) is 0.458. The molecule has 1 heterocycles. The van der Waals surface area contributed by atoms with Crippen molar-refractivity contribution in [3.8, 4) is 0 Å². The highest BCUT2D eigenvalue weighted by molar-refractivity contribution is 14.2. The van der Waals surface area contributed by atoms with Crippen molar-refractivity contribution in [2.75, 3.05) is 0 Å². The van der Waals surface area contributed by atoms with Gasteiger partial charge in [0.2, 0.25) is 0 Å². The normalized spacial score (nSPS) is 23.6. The Balaban J connectivity index is 2.62. The second-order valence-corrected chi connectivity index (χ2v) is 5.58. The molecule has 17 heavy (non-hydrogen) atoms. The van der Waals surface area contributed by atoms with E-state index in [-0.39, 0.29) is 12.1 Å². The molecule has 1 aromatic heterocycles. The summed E-state index contributed by atoms with van der Waals surface area (Å²) in [5, 5.41) is 12.5. The molecule has 0 amide bonds. The minimum Gasteiger partial charge on any atom is -0.382 e. The number of aliphatic hydroxyl groups excluding tert-OH is 1. The SMILES string of the molecule is OC1c2c(C(F)(F)F)nn(PI)c2CC1(F)F. The van der Waals surface area contributed by atoms with E-state index in [1.54, 1.807) is 22.0 Å². The van der Waals surface area contributed by atoms with Crippen LogP contribution in [0.25, 0.3) is 0 Å². The van der Waals surface area contributed by atoms with Gasteiger partial charge in [0, 0.05) is 5.56 Å². The smallest absolute Gasteiger partial charge is 0.382 e. The van der Waals surface area contributed by atoms with E-state index in [4.69, 9.17) is 0 Å². The summed E-state index contributed by atoms with van der Waals surface area (Å²) < 4.78 is 65.0. The van der Waals surface area contributed by atoms with E-state index < -0.39 is 35.9 Å². The van der Waals surface area contributed by atoms with Crippen LogP contribution in [0.2, 0.25) is 0 Å². The fourth-order valence-corrected chi connectivity index (χ4v) is 3.37. The van der Waals surface area contributed by atoms with Gasteiger partial charge in [-0.1, -0.05) is 0 Å². The van der Waals surface area contributed by atoms with Crippen LogP contribution in [0.5, 0.6) is 0 Å². The van der Waals surface area contributed by atoms with Gasteiger partial charge in [0.05, 0.1) is 18.5 Å². The number of hydrogen-bond donors (Lipinski definition) is 1. The molecule has 0 fully saturated rings. The van der Waals surface area contributed by atoms with E-state index in [1.807, 2.05) is 0 Å². The maximum Gasteiger partial charge on any atom is 0.435 e. The van der Waals surface area contributed by atoms with Crippen LogP contribution in [0.4, 0.5) is 22.0 Å². The summed E-state index contributed by atoms with van der Waals surface area (Å²) in [7, 11) is 0. The lowest BCUT2D eigenvalue weighted by Gasteiger charge is -2.15. The molecule has 1 N–H and O–H groups in total. The molecule has 0 spiro atoms. The molecule has 10 heteroatoms. The fraction of sp³-hybridized carbons (Fsp3) is 0.571. The van der Waals surface area contributed by atoms with Crippen molar-refractivity contribution in [1.82, 2.24) is 9.55 Å². The molecule has 0 radical (unpaired) electrons. The first kappa shape index (κ1) is 13.4. The Morgan fingerprint density at radius 2 is 2.06 bits per heavy atom. The number of aromatic nitrogens is 2. The molecule has 2 rings (SSSR count). The molecular formula is C7H5F5IN2OP. The summed E-state index contributed by atoms with van der Waals surface area (Å²) in [6.07, 6.45) is -8.42. The zero-order valence-corrected chi connectivity index (χ0v) is 11.1. The van der Waals surface area contributed by atoms with Crippen molar-refractivity contribution >= 4 is 28.4 Å². The molecule has 0 saturated heterocycles. The lowest BCUT2D eigenvalue weighted by Crippen LogP contribution is -2.24. The molecule has 0 aromatic carbocycles. The Morgan fingerprint density at radius 3 is 2.53 bits per heavy atom. The first-order chi connectivity index (χ1) is 7.68. The van der Waals surface area contributed by atoms with Crippen molar-refractivity contribution in [1.29, 1.82) is 0 Å². The number of rotatable bonds is 1. The Labute approximate surface area is 107 Å². The predicted octanol–water partition coefficient (Wildman–Crippen LogP) is 2.92. The summed E-state index contributed by atoms with van der Waals surface area (Å²) in [5.74, 6) is -3.56. The van der Waals surface area contributed by atoms with Gasteiger partial charge in [0.25, 0.3) is 5.92 Å². The van der Waals surface area contributed by atoms with Crippen LogP contribution in [-0.4, -0.2) is 20.6 Å². The lowest BCUT2D eigenvalue weighted by atomic mass is 10.1. The minimum atomic E-state index is -4.84. The van der Waals surface area contributed by atoms with Crippen LogP contribution in [0.3, 0.4) is 0 Å². The average Bonchev–Trinajstić information content (AvgIpc) is 2.63. The van der Waals surface area contributed by atoms with Crippen molar-refractivity contribution < 1.29 is 27.1 Å². The molecule has 2 unspecified atom stereocenters. The summed E-state index contributed by atoms with van der Waals surface area (Å²) >= 11 is 1.74. The number of hydrogen-bond acceptors (Lipinski definition) is 2. The predicted molar refractivity (Wildman–Crippen MR) is 58.6 cm³/mol. The van der Waals surface area contributed by atoms with Crippen LogP contribution in [0, 0.1) is 0 Å². The Hall–Kier alpha value is -0.0200. The zero-order chi connectivity index (χ0) is 13.0. The molecule has 0 saturated carbocycles. The first-order valence-electron chi connectivity index (χ1n) is 4.30. The Morgan fingerprint density at radius 1 is 1.47 bits per heavy atom. The lowest BCUT2D eigenvalue weighted by molar-refractivity contribution is -0.146. The molecular weight excluding hydrogens is 381 g/mol. The van der Waals surface area contributed by atoms with Crippen LogP contribution < -0.4 is 0 Å². The van der Waals surface area contributed by atoms with Gasteiger partial charge in [0.1, 0.15) is 6.10 Å². The van der Waals surface area contributed by atoms with Gasteiger partial charge in [-0.3, -0.25) is 0 Å². The monoisotopic (exact) mass is 386 g/mol. The maximum absolute atomic E-state index is 13.2. The van der Waals surface area contributed by atoms with Crippen LogP contribution in [0.1, 0.15) is 23.1 Å².